The van der Waals surface area contributed by atoms with E-state index in [1.165, 1.54) is 21.6 Å². The highest BCUT2D eigenvalue weighted by Crippen LogP contribution is 2.30. The molecule has 2 amide bonds. The Hall–Kier alpha value is -2.81. The molecule has 0 radical (unpaired) electrons. The van der Waals surface area contributed by atoms with Crippen molar-refractivity contribution < 1.29 is 4.79 Å². The Morgan fingerprint density at radius 1 is 1.33 bits per heavy atom. The number of carbonyl (C=O) groups is 1. The lowest BCUT2D eigenvalue weighted by Crippen LogP contribution is -2.32. The summed E-state index contributed by atoms with van der Waals surface area (Å²) in [6.07, 6.45) is 1.76. The van der Waals surface area contributed by atoms with E-state index in [9.17, 15) is 4.79 Å². The van der Waals surface area contributed by atoms with Crippen LogP contribution in [-0.2, 0) is 7.05 Å². The van der Waals surface area contributed by atoms with E-state index in [0.29, 0.717) is 11.0 Å². The fourth-order valence-corrected chi connectivity index (χ4v) is 3.21. The Balaban J connectivity index is 1.66. The van der Waals surface area contributed by atoms with Gasteiger partial charge in [0.1, 0.15) is 0 Å². The SMILES string of the molecule is Cc1ccccc1-c1cnc(NC(=O)N[C@H](C)c2nnnn2C)s1. The van der Waals surface area contributed by atoms with E-state index in [4.69, 9.17) is 0 Å². The number of thiazole rings is 1. The monoisotopic (exact) mass is 343 g/mol. The van der Waals surface area contributed by atoms with E-state index >= 15 is 0 Å². The number of amides is 2. The first-order valence-corrected chi connectivity index (χ1v) is 8.18. The number of urea groups is 1. The fraction of sp³-hybridized carbons (Fsp3) is 0.267. The molecule has 1 aromatic carbocycles. The van der Waals surface area contributed by atoms with Crippen LogP contribution in [0.1, 0.15) is 24.4 Å². The van der Waals surface area contributed by atoms with Gasteiger partial charge >= 0.3 is 6.03 Å². The number of hydrogen-bond acceptors (Lipinski definition) is 6. The van der Waals surface area contributed by atoms with E-state index in [-0.39, 0.29) is 12.1 Å². The fourth-order valence-electron chi connectivity index (χ4n) is 2.30. The van der Waals surface area contributed by atoms with Gasteiger partial charge in [-0.05, 0) is 35.4 Å². The molecule has 2 heterocycles. The maximum atomic E-state index is 12.1. The topological polar surface area (TPSA) is 97.6 Å². The minimum Gasteiger partial charge on any atom is -0.328 e. The summed E-state index contributed by atoms with van der Waals surface area (Å²) in [4.78, 5) is 17.4. The number of aryl methyl sites for hydroxylation is 2. The van der Waals surface area contributed by atoms with Crippen LogP contribution in [0.15, 0.2) is 30.5 Å². The maximum Gasteiger partial charge on any atom is 0.321 e. The van der Waals surface area contributed by atoms with Gasteiger partial charge in [0.15, 0.2) is 11.0 Å². The molecule has 0 saturated carbocycles. The number of rotatable bonds is 4. The van der Waals surface area contributed by atoms with Gasteiger partial charge in [0.05, 0.1) is 10.9 Å². The van der Waals surface area contributed by atoms with Crippen LogP contribution in [0.5, 0.6) is 0 Å². The van der Waals surface area contributed by atoms with Gasteiger partial charge in [0, 0.05) is 13.2 Å². The van der Waals surface area contributed by atoms with E-state index in [1.807, 2.05) is 38.1 Å². The van der Waals surface area contributed by atoms with Gasteiger partial charge in [0.2, 0.25) is 0 Å². The van der Waals surface area contributed by atoms with E-state index in [2.05, 4.69) is 31.1 Å². The summed E-state index contributed by atoms with van der Waals surface area (Å²) in [6.45, 7) is 3.86. The van der Waals surface area contributed by atoms with Gasteiger partial charge in [-0.25, -0.2) is 14.5 Å². The minimum atomic E-state index is -0.351. The summed E-state index contributed by atoms with van der Waals surface area (Å²) in [7, 11) is 1.72. The predicted octanol–water partition coefficient (Wildman–Crippen LogP) is 2.52. The number of tetrazole rings is 1. The van der Waals surface area contributed by atoms with Crippen molar-refractivity contribution in [2.24, 2.45) is 7.05 Å². The number of nitrogens with one attached hydrogen (secondary N) is 2. The van der Waals surface area contributed by atoms with Crippen molar-refractivity contribution in [3.8, 4) is 10.4 Å². The van der Waals surface area contributed by atoms with Crippen molar-refractivity contribution in [1.82, 2.24) is 30.5 Å². The number of nitrogens with zero attached hydrogens (tertiary/aromatic N) is 5. The van der Waals surface area contributed by atoms with Crippen LogP contribution in [0.2, 0.25) is 0 Å². The molecule has 0 spiro atoms. The van der Waals surface area contributed by atoms with Crippen LogP contribution in [0.4, 0.5) is 9.93 Å². The van der Waals surface area contributed by atoms with Crippen molar-refractivity contribution >= 4 is 22.5 Å². The van der Waals surface area contributed by atoms with Crippen LogP contribution in [0.3, 0.4) is 0 Å². The molecule has 0 saturated heterocycles. The highest BCUT2D eigenvalue weighted by Gasteiger charge is 2.16. The average molecular weight is 343 g/mol. The molecule has 0 unspecified atom stereocenters. The molecule has 3 aromatic rings. The quantitative estimate of drug-likeness (QED) is 0.758. The molecule has 2 aromatic heterocycles. The Morgan fingerprint density at radius 3 is 2.83 bits per heavy atom. The molecule has 0 fully saturated rings. The molecule has 24 heavy (non-hydrogen) atoms. The first-order chi connectivity index (χ1) is 11.5. The molecular formula is C15H17N7OS. The molecule has 124 valence electrons. The van der Waals surface area contributed by atoms with Crippen molar-refractivity contribution in [2.75, 3.05) is 5.32 Å². The van der Waals surface area contributed by atoms with Crippen molar-refractivity contribution in [2.45, 2.75) is 19.9 Å². The van der Waals surface area contributed by atoms with Crippen molar-refractivity contribution in [3.05, 3.63) is 41.9 Å². The summed E-state index contributed by atoms with van der Waals surface area (Å²) in [5.41, 5.74) is 2.28. The van der Waals surface area contributed by atoms with Crippen LogP contribution in [0.25, 0.3) is 10.4 Å². The Bertz CT molecular complexity index is 857. The van der Waals surface area contributed by atoms with Crippen LogP contribution in [0, 0.1) is 6.92 Å². The third-order valence-electron chi connectivity index (χ3n) is 3.52. The van der Waals surface area contributed by atoms with Gasteiger partial charge in [-0.3, -0.25) is 5.32 Å². The molecule has 0 bridgehead atoms. The summed E-state index contributed by atoms with van der Waals surface area (Å²) < 4.78 is 1.52. The lowest BCUT2D eigenvalue weighted by atomic mass is 10.1. The van der Waals surface area contributed by atoms with Crippen molar-refractivity contribution in [3.63, 3.8) is 0 Å². The van der Waals surface area contributed by atoms with Gasteiger partial charge in [-0.1, -0.05) is 35.6 Å². The Morgan fingerprint density at radius 2 is 2.12 bits per heavy atom. The summed E-state index contributed by atoms with van der Waals surface area (Å²) >= 11 is 1.43. The van der Waals surface area contributed by atoms with Crippen LogP contribution in [-0.4, -0.2) is 31.2 Å². The smallest absolute Gasteiger partial charge is 0.321 e. The molecule has 3 rings (SSSR count). The van der Waals surface area contributed by atoms with Gasteiger partial charge in [-0.2, -0.15) is 0 Å². The largest absolute Gasteiger partial charge is 0.328 e. The molecule has 2 N–H and O–H groups in total. The second kappa shape index (κ2) is 6.75. The number of aromatic nitrogens is 5. The molecule has 1 atom stereocenters. The summed E-state index contributed by atoms with van der Waals surface area (Å²) in [5, 5.41) is 17.2. The standard InChI is InChI=1S/C15H17N7OS/c1-9-6-4-5-7-11(9)12-8-16-15(24-12)18-14(23)17-10(2)13-19-20-21-22(13)3/h4-8,10H,1-3H3,(H2,16,17,18,23)/t10-/m1/s1. The average Bonchev–Trinajstić information content (AvgIpc) is 3.16. The highest BCUT2D eigenvalue weighted by atomic mass is 32.1. The number of anilines is 1. The van der Waals surface area contributed by atoms with Crippen molar-refractivity contribution in [1.29, 1.82) is 0 Å². The second-order valence-electron chi connectivity index (χ2n) is 5.33. The first kappa shape index (κ1) is 16.1. The lowest BCUT2D eigenvalue weighted by molar-refractivity contribution is 0.248. The van der Waals surface area contributed by atoms with E-state index < -0.39 is 0 Å². The maximum absolute atomic E-state index is 12.1. The first-order valence-electron chi connectivity index (χ1n) is 7.36. The molecule has 0 aliphatic rings. The lowest BCUT2D eigenvalue weighted by Gasteiger charge is -2.11. The van der Waals surface area contributed by atoms with Crippen LogP contribution < -0.4 is 10.6 Å². The number of hydrogen-bond donors (Lipinski definition) is 2. The molecule has 8 nitrogen and oxygen atoms in total. The molecule has 0 aliphatic heterocycles. The Kier molecular flexibility index (Phi) is 4.52. The summed E-state index contributed by atoms with van der Waals surface area (Å²) in [6, 6.07) is 7.40. The summed E-state index contributed by atoms with van der Waals surface area (Å²) in [5.74, 6) is 0.574. The molecule has 9 heteroatoms. The zero-order valence-corrected chi connectivity index (χ0v) is 14.3. The van der Waals surface area contributed by atoms with E-state index in [0.717, 1.165) is 10.4 Å². The minimum absolute atomic E-state index is 0.319. The second-order valence-corrected chi connectivity index (χ2v) is 6.36. The van der Waals surface area contributed by atoms with E-state index in [1.54, 1.807) is 13.2 Å². The normalized spacial score (nSPS) is 12.0. The Labute approximate surface area is 142 Å². The third-order valence-corrected chi connectivity index (χ3v) is 4.47. The highest BCUT2D eigenvalue weighted by molar-refractivity contribution is 7.19. The molecular weight excluding hydrogens is 326 g/mol. The number of carbonyl (C=O) groups excluding carboxylic acids is 1. The number of benzene rings is 1. The molecule has 0 aliphatic carbocycles. The zero-order chi connectivity index (χ0) is 17.1. The zero-order valence-electron chi connectivity index (χ0n) is 13.5. The van der Waals surface area contributed by atoms with Gasteiger partial charge in [0.25, 0.3) is 0 Å². The predicted molar refractivity (Wildman–Crippen MR) is 91.7 cm³/mol. The van der Waals surface area contributed by atoms with Crippen LogP contribution >= 0.6 is 11.3 Å². The van der Waals surface area contributed by atoms with Gasteiger partial charge in [-0.15, -0.1) is 5.10 Å². The third kappa shape index (κ3) is 3.40. The van der Waals surface area contributed by atoms with Gasteiger partial charge < -0.3 is 5.32 Å².